The number of nitrogens with zero attached hydrogens (tertiary/aromatic N) is 4. The van der Waals surface area contributed by atoms with Crippen molar-refractivity contribution in [2.45, 2.75) is 13.0 Å². The Labute approximate surface area is 162 Å². The lowest BCUT2D eigenvalue weighted by molar-refractivity contribution is 0.0735. The summed E-state index contributed by atoms with van der Waals surface area (Å²) in [5.41, 5.74) is 1.06. The maximum absolute atomic E-state index is 13.4. The molecule has 0 unspecified atom stereocenters. The number of carbonyl (C=O) groups excluding carboxylic acids is 2. The molecule has 0 saturated heterocycles. The molecule has 1 aliphatic heterocycles. The Morgan fingerprint density at radius 2 is 2.04 bits per heavy atom. The standard InChI is InChI=1S/C18H13F2N5O2S/c19-11-2-1-10(7-12(11)20)17(27)25-6-3-13-15(9-25)28-18(23-13)24-16(26)14-8-21-4-5-22-14/h1-2,4-5,7-8H,3,6,9H2,(H,23,24,26). The van der Waals surface area contributed by atoms with Gasteiger partial charge < -0.3 is 4.90 Å². The molecule has 3 aromatic rings. The van der Waals surface area contributed by atoms with Gasteiger partial charge in [0.05, 0.1) is 18.4 Å². The van der Waals surface area contributed by atoms with Gasteiger partial charge in [-0.2, -0.15) is 0 Å². The molecule has 1 aromatic carbocycles. The maximum atomic E-state index is 13.4. The van der Waals surface area contributed by atoms with Crippen molar-refractivity contribution >= 4 is 28.3 Å². The minimum Gasteiger partial charge on any atom is -0.333 e. The number of rotatable bonds is 3. The second-order valence-corrected chi connectivity index (χ2v) is 7.12. The normalized spacial score (nSPS) is 13.1. The fourth-order valence-corrected chi connectivity index (χ4v) is 3.83. The highest BCUT2D eigenvalue weighted by Crippen LogP contribution is 2.29. The number of carbonyl (C=O) groups is 2. The van der Waals surface area contributed by atoms with Crippen molar-refractivity contribution in [2.24, 2.45) is 0 Å². The molecule has 0 fully saturated rings. The number of halogens is 2. The summed E-state index contributed by atoms with van der Waals surface area (Å²) in [5.74, 6) is -2.87. The fraction of sp³-hybridized carbons (Fsp3) is 0.167. The van der Waals surface area contributed by atoms with E-state index in [-0.39, 0.29) is 23.7 Å². The van der Waals surface area contributed by atoms with Crippen molar-refractivity contribution in [3.63, 3.8) is 0 Å². The summed E-state index contributed by atoms with van der Waals surface area (Å²) in [6, 6.07) is 3.09. The lowest BCUT2D eigenvalue weighted by atomic mass is 10.1. The van der Waals surface area contributed by atoms with Gasteiger partial charge >= 0.3 is 0 Å². The number of amides is 2. The molecule has 2 aromatic heterocycles. The van der Waals surface area contributed by atoms with Gasteiger partial charge in [-0.1, -0.05) is 11.3 Å². The van der Waals surface area contributed by atoms with Crippen molar-refractivity contribution < 1.29 is 18.4 Å². The smallest absolute Gasteiger partial charge is 0.277 e. The van der Waals surface area contributed by atoms with Crippen LogP contribution in [0, 0.1) is 11.6 Å². The molecule has 3 heterocycles. The van der Waals surface area contributed by atoms with Crippen LogP contribution in [0.2, 0.25) is 0 Å². The third-order valence-electron chi connectivity index (χ3n) is 4.20. The van der Waals surface area contributed by atoms with Crippen molar-refractivity contribution in [3.05, 3.63) is 70.3 Å². The summed E-state index contributed by atoms with van der Waals surface area (Å²) in [6.07, 6.45) is 4.74. The van der Waals surface area contributed by atoms with Crippen molar-refractivity contribution in [2.75, 3.05) is 11.9 Å². The van der Waals surface area contributed by atoms with E-state index in [9.17, 15) is 18.4 Å². The first-order valence-corrected chi connectivity index (χ1v) is 9.13. The lowest BCUT2D eigenvalue weighted by Gasteiger charge is -2.26. The van der Waals surface area contributed by atoms with E-state index in [1.165, 1.54) is 36.0 Å². The van der Waals surface area contributed by atoms with E-state index in [2.05, 4.69) is 20.3 Å². The molecule has 0 bridgehead atoms. The summed E-state index contributed by atoms with van der Waals surface area (Å²) < 4.78 is 26.5. The Morgan fingerprint density at radius 1 is 1.18 bits per heavy atom. The van der Waals surface area contributed by atoms with Crippen LogP contribution < -0.4 is 5.32 Å². The molecule has 10 heteroatoms. The molecular weight excluding hydrogens is 388 g/mol. The molecule has 2 amide bonds. The minimum absolute atomic E-state index is 0.0862. The monoisotopic (exact) mass is 401 g/mol. The van der Waals surface area contributed by atoms with Crippen LogP contribution in [0.5, 0.6) is 0 Å². The van der Waals surface area contributed by atoms with Crippen LogP contribution in [-0.4, -0.2) is 38.2 Å². The first-order valence-electron chi connectivity index (χ1n) is 8.31. The topological polar surface area (TPSA) is 88.1 Å². The predicted molar refractivity (Wildman–Crippen MR) is 96.9 cm³/mol. The largest absolute Gasteiger partial charge is 0.333 e. The average Bonchev–Trinajstić information content (AvgIpc) is 3.11. The number of hydrogen-bond donors (Lipinski definition) is 1. The van der Waals surface area contributed by atoms with Gasteiger partial charge in [-0.15, -0.1) is 0 Å². The highest BCUT2D eigenvalue weighted by Gasteiger charge is 2.26. The molecule has 142 valence electrons. The number of anilines is 1. The summed E-state index contributed by atoms with van der Waals surface area (Å²) >= 11 is 1.26. The Kier molecular flexibility index (Phi) is 4.78. The molecule has 7 nitrogen and oxygen atoms in total. The van der Waals surface area contributed by atoms with E-state index in [0.29, 0.717) is 18.1 Å². The summed E-state index contributed by atoms with van der Waals surface area (Å²) in [6.45, 7) is 0.679. The highest BCUT2D eigenvalue weighted by molar-refractivity contribution is 7.15. The highest BCUT2D eigenvalue weighted by atomic mass is 32.1. The minimum atomic E-state index is -1.06. The van der Waals surface area contributed by atoms with Crippen LogP contribution in [0.25, 0.3) is 0 Å². The molecule has 4 rings (SSSR count). The predicted octanol–water partition coefficient (Wildman–Crippen LogP) is 2.66. The second kappa shape index (κ2) is 7.39. The van der Waals surface area contributed by atoms with Crippen LogP contribution in [-0.2, 0) is 13.0 Å². The number of nitrogens with one attached hydrogen (secondary N) is 1. The van der Waals surface area contributed by atoms with Gasteiger partial charge in [-0.05, 0) is 18.2 Å². The van der Waals surface area contributed by atoms with Gasteiger partial charge in [-0.25, -0.2) is 18.7 Å². The van der Waals surface area contributed by atoms with Crippen molar-refractivity contribution in [3.8, 4) is 0 Å². The molecule has 0 aliphatic carbocycles. The third-order valence-corrected chi connectivity index (χ3v) is 5.20. The van der Waals surface area contributed by atoms with Crippen LogP contribution in [0.4, 0.5) is 13.9 Å². The van der Waals surface area contributed by atoms with Crippen LogP contribution >= 0.6 is 11.3 Å². The Balaban J connectivity index is 1.48. The maximum Gasteiger partial charge on any atom is 0.277 e. The zero-order valence-electron chi connectivity index (χ0n) is 14.4. The van der Waals surface area contributed by atoms with E-state index in [0.717, 1.165) is 22.7 Å². The number of aromatic nitrogens is 3. The third kappa shape index (κ3) is 3.58. The molecule has 0 spiro atoms. The number of fused-ring (bicyclic) bond motifs is 1. The first kappa shape index (κ1) is 18.1. The zero-order valence-corrected chi connectivity index (χ0v) is 15.2. The van der Waals surface area contributed by atoms with Gasteiger partial charge in [0, 0.05) is 35.8 Å². The lowest BCUT2D eigenvalue weighted by Crippen LogP contribution is -2.35. The second-order valence-electron chi connectivity index (χ2n) is 6.04. The first-order chi connectivity index (χ1) is 13.5. The molecule has 28 heavy (non-hydrogen) atoms. The average molecular weight is 401 g/mol. The molecule has 1 aliphatic rings. The van der Waals surface area contributed by atoms with Crippen LogP contribution in [0.3, 0.4) is 0 Å². The van der Waals surface area contributed by atoms with E-state index in [1.807, 2.05) is 0 Å². The quantitative estimate of drug-likeness (QED) is 0.729. The molecule has 0 saturated carbocycles. The molecule has 1 N–H and O–H groups in total. The van der Waals surface area contributed by atoms with E-state index >= 15 is 0 Å². The zero-order chi connectivity index (χ0) is 19.7. The van der Waals surface area contributed by atoms with Gasteiger partial charge in [0.15, 0.2) is 16.8 Å². The Hall–Kier alpha value is -3.27. The molecule has 0 radical (unpaired) electrons. The van der Waals surface area contributed by atoms with Gasteiger partial charge in [0.1, 0.15) is 5.69 Å². The van der Waals surface area contributed by atoms with Crippen LogP contribution in [0.15, 0.2) is 36.8 Å². The molecule has 0 atom stereocenters. The SMILES string of the molecule is O=C(Nc1nc2c(s1)CN(C(=O)c1ccc(F)c(F)c1)CC2)c1cnccn1. The Bertz CT molecular complexity index is 1060. The summed E-state index contributed by atoms with van der Waals surface area (Å²) in [5, 5.41) is 3.08. The number of benzene rings is 1. The number of hydrogen-bond acceptors (Lipinski definition) is 6. The Morgan fingerprint density at radius 3 is 2.79 bits per heavy atom. The van der Waals surface area contributed by atoms with Gasteiger partial charge in [0.25, 0.3) is 11.8 Å². The number of thiazole rings is 1. The van der Waals surface area contributed by atoms with E-state index in [1.54, 1.807) is 4.90 Å². The van der Waals surface area contributed by atoms with Crippen LogP contribution in [0.1, 0.15) is 31.4 Å². The van der Waals surface area contributed by atoms with Crippen molar-refractivity contribution in [1.29, 1.82) is 0 Å². The van der Waals surface area contributed by atoms with E-state index in [4.69, 9.17) is 0 Å². The van der Waals surface area contributed by atoms with E-state index < -0.39 is 17.5 Å². The summed E-state index contributed by atoms with van der Waals surface area (Å²) in [7, 11) is 0. The van der Waals surface area contributed by atoms with Gasteiger partial charge in [-0.3, -0.25) is 19.9 Å². The summed E-state index contributed by atoms with van der Waals surface area (Å²) in [4.78, 5) is 39.3. The molecular formula is C18H13F2N5O2S. The fourth-order valence-electron chi connectivity index (χ4n) is 2.81. The van der Waals surface area contributed by atoms with Gasteiger partial charge in [0.2, 0.25) is 0 Å². The van der Waals surface area contributed by atoms with Crippen molar-refractivity contribution in [1.82, 2.24) is 19.9 Å².